The van der Waals surface area contributed by atoms with Gasteiger partial charge in [0, 0.05) is 49.0 Å². The molecule has 0 atom stereocenters. The van der Waals surface area contributed by atoms with Crippen molar-refractivity contribution in [3.63, 3.8) is 0 Å². The van der Waals surface area contributed by atoms with Gasteiger partial charge in [0.15, 0.2) is 0 Å². The van der Waals surface area contributed by atoms with Crippen molar-refractivity contribution in [2.75, 3.05) is 18.8 Å². The number of imidazole rings is 1. The van der Waals surface area contributed by atoms with E-state index in [1.165, 1.54) is 0 Å². The summed E-state index contributed by atoms with van der Waals surface area (Å²) in [4.78, 5) is 8.71. The highest BCUT2D eigenvalue weighted by Crippen LogP contribution is 2.30. The molecule has 1 aliphatic rings. The van der Waals surface area contributed by atoms with Gasteiger partial charge in [-0.25, -0.2) is 17.7 Å². The molecule has 1 saturated heterocycles. The fraction of sp³-hybridized carbons (Fsp3) is 0.500. The van der Waals surface area contributed by atoms with Gasteiger partial charge in [-0.3, -0.25) is 4.98 Å². The van der Waals surface area contributed by atoms with Crippen molar-refractivity contribution in [3.05, 3.63) is 36.4 Å². The van der Waals surface area contributed by atoms with E-state index in [0.717, 1.165) is 29.9 Å². The summed E-state index contributed by atoms with van der Waals surface area (Å²) in [6.07, 6.45) is 7.05. The molecular formula is C16H22N4O2S. The Labute approximate surface area is 137 Å². The van der Waals surface area contributed by atoms with E-state index in [1.807, 2.05) is 31.5 Å². The maximum atomic E-state index is 12.0. The fourth-order valence-electron chi connectivity index (χ4n) is 3.18. The van der Waals surface area contributed by atoms with Crippen molar-refractivity contribution in [1.82, 2.24) is 18.8 Å². The van der Waals surface area contributed by atoms with Gasteiger partial charge in [0.05, 0.1) is 5.75 Å². The Morgan fingerprint density at radius 1 is 1.26 bits per heavy atom. The van der Waals surface area contributed by atoms with Crippen LogP contribution in [0.25, 0.3) is 11.4 Å². The van der Waals surface area contributed by atoms with E-state index in [0.29, 0.717) is 13.1 Å². The van der Waals surface area contributed by atoms with Crippen LogP contribution < -0.4 is 0 Å². The molecule has 1 fully saturated rings. The lowest BCUT2D eigenvalue weighted by Gasteiger charge is -2.33. The number of hydrogen-bond acceptors (Lipinski definition) is 4. The molecule has 0 unspecified atom stereocenters. The molecule has 1 aliphatic heterocycles. The maximum absolute atomic E-state index is 12.0. The van der Waals surface area contributed by atoms with Gasteiger partial charge in [-0.1, -0.05) is 0 Å². The summed E-state index contributed by atoms with van der Waals surface area (Å²) in [6.45, 7) is 4.89. The second kappa shape index (κ2) is 6.41. The molecule has 6 nitrogen and oxygen atoms in total. The van der Waals surface area contributed by atoms with E-state index >= 15 is 0 Å². The Hall–Kier alpha value is -1.73. The van der Waals surface area contributed by atoms with Gasteiger partial charge in [-0.05, 0) is 38.8 Å². The summed E-state index contributed by atoms with van der Waals surface area (Å²) < 4.78 is 27.8. The molecule has 3 heterocycles. The summed E-state index contributed by atoms with van der Waals surface area (Å²) >= 11 is 0. The quantitative estimate of drug-likeness (QED) is 0.860. The number of piperidine rings is 1. The third-order valence-corrected chi connectivity index (χ3v) is 6.33. The van der Waals surface area contributed by atoms with Crippen molar-refractivity contribution in [2.24, 2.45) is 0 Å². The molecule has 7 heteroatoms. The van der Waals surface area contributed by atoms with Gasteiger partial charge >= 0.3 is 0 Å². The molecule has 0 bridgehead atoms. The normalized spacial score (nSPS) is 17.5. The fourth-order valence-corrected chi connectivity index (χ4v) is 4.31. The van der Waals surface area contributed by atoms with Crippen molar-refractivity contribution in [2.45, 2.75) is 32.7 Å². The van der Waals surface area contributed by atoms with Crippen LogP contribution in [0.4, 0.5) is 0 Å². The Morgan fingerprint density at radius 3 is 2.61 bits per heavy atom. The number of rotatable bonds is 4. The molecule has 0 amide bonds. The first-order valence-corrected chi connectivity index (χ1v) is 9.56. The maximum Gasteiger partial charge on any atom is 0.213 e. The predicted molar refractivity (Wildman–Crippen MR) is 89.5 cm³/mol. The lowest BCUT2D eigenvalue weighted by Crippen LogP contribution is -2.40. The van der Waals surface area contributed by atoms with E-state index in [-0.39, 0.29) is 11.8 Å². The molecule has 0 aliphatic carbocycles. The highest BCUT2D eigenvalue weighted by Gasteiger charge is 2.29. The summed E-state index contributed by atoms with van der Waals surface area (Å²) in [7, 11) is -3.09. The van der Waals surface area contributed by atoms with Crippen LogP contribution in [0.5, 0.6) is 0 Å². The van der Waals surface area contributed by atoms with Gasteiger partial charge in [0.25, 0.3) is 0 Å². The predicted octanol–water partition coefficient (Wildman–Crippen LogP) is 2.24. The van der Waals surface area contributed by atoms with E-state index < -0.39 is 10.0 Å². The van der Waals surface area contributed by atoms with Crippen molar-refractivity contribution in [3.8, 4) is 11.4 Å². The van der Waals surface area contributed by atoms with Crippen LogP contribution in [0.1, 0.15) is 31.5 Å². The lowest BCUT2D eigenvalue weighted by molar-refractivity contribution is 0.273. The van der Waals surface area contributed by atoms with Gasteiger partial charge in [0.2, 0.25) is 10.0 Å². The summed E-state index contributed by atoms with van der Waals surface area (Å²) in [5.74, 6) is 1.08. The Bertz CT molecular complexity index is 763. The minimum absolute atomic E-state index is 0.169. The van der Waals surface area contributed by atoms with Gasteiger partial charge < -0.3 is 4.57 Å². The van der Waals surface area contributed by atoms with E-state index in [2.05, 4.69) is 14.5 Å². The van der Waals surface area contributed by atoms with Crippen LogP contribution in [0.3, 0.4) is 0 Å². The number of pyridine rings is 1. The molecule has 124 valence electrons. The van der Waals surface area contributed by atoms with Gasteiger partial charge in [-0.2, -0.15) is 0 Å². The first-order valence-electron chi connectivity index (χ1n) is 7.95. The third kappa shape index (κ3) is 3.16. The van der Waals surface area contributed by atoms with Gasteiger partial charge in [0.1, 0.15) is 5.82 Å². The number of hydrogen-bond donors (Lipinski definition) is 0. The molecule has 2 aromatic heterocycles. The largest absolute Gasteiger partial charge is 0.325 e. The van der Waals surface area contributed by atoms with E-state index in [9.17, 15) is 8.42 Å². The van der Waals surface area contributed by atoms with Crippen LogP contribution in [0, 0.1) is 6.92 Å². The smallest absolute Gasteiger partial charge is 0.213 e. The first kappa shape index (κ1) is 16.1. The van der Waals surface area contributed by atoms with E-state index in [1.54, 1.807) is 17.4 Å². The lowest BCUT2D eigenvalue weighted by atomic mass is 10.1. The van der Waals surface area contributed by atoms with Crippen molar-refractivity contribution in [1.29, 1.82) is 0 Å². The van der Waals surface area contributed by atoms with Crippen LogP contribution in [-0.2, 0) is 10.0 Å². The SMILES string of the molecule is CCS(=O)(=O)N1CCC(n2c(C)cnc2-c2cccnc2)CC1. The number of sulfonamides is 1. The Balaban J connectivity index is 1.83. The average molecular weight is 334 g/mol. The Morgan fingerprint density at radius 2 is 2.00 bits per heavy atom. The molecule has 0 spiro atoms. The standard InChI is InChI=1S/C16H22N4O2S/c1-3-23(21,22)19-9-6-15(7-10-19)20-13(2)11-18-16(20)14-5-4-8-17-12-14/h4-5,8,11-12,15H,3,6-7,9-10H2,1-2H3. The number of nitrogens with zero attached hydrogens (tertiary/aromatic N) is 4. The number of aryl methyl sites for hydroxylation is 1. The van der Waals surface area contributed by atoms with E-state index in [4.69, 9.17) is 0 Å². The second-order valence-corrected chi connectivity index (χ2v) is 8.12. The van der Waals surface area contributed by atoms with Crippen molar-refractivity contribution < 1.29 is 8.42 Å². The summed E-state index contributed by atoms with van der Waals surface area (Å²) in [5.41, 5.74) is 2.09. The molecule has 0 radical (unpaired) electrons. The monoisotopic (exact) mass is 334 g/mol. The summed E-state index contributed by atoms with van der Waals surface area (Å²) in [6, 6.07) is 4.18. The zero-order valence-electron chi connectivity index (χ0n) is 13.5. The first-order chi connectivity index (χ1) is 11.0. The molecular weight excluding hydrogens is 312 g/mol. The molecule has 0 saturated carbocycles. The second-order valence-electron chi connectivity index (χ2n) is 5.87. The minimum Gasteiger partial charge on any atom is -0.325 e. The molecule has 3 rings (SSSR count). The highest BCUT2D eigenvalue weighted by atomic mass is 32.2. The highest BCUT2D eigenvalue weighted by molar-refractivity contribution is 7.89. The Kier molecular flexibility index (Phi) is 4.50. The molecule has 2 aromatic rings. The average Bonchev–Trinajstić information content (AvgIpc) is 2.97. The van der Waals surface area contributed by atoms with Crippen LogP contribution in [0.2, 0.25) is 0 Å². The van der Waals surface area contributed by atoms with Gasteiger partial charge in [-0.15, -0.1) is 0 Å². The third-order valence-electron chi connectivity index (χ3n) is 4.45. The topological polar surface area (TPSA) is 68.1 Å². The molecule has 0 aromatic carbocycles. The van der Waals surface area contributed by atoms with Crippen LogP contribution in [0.15, 0.2) is 30.7 Å². The zero-order chi connectivity index (χ0) is 16.4. The van der Waals surface area contributed by atoms with Crippen LogP contribution in [-0.4, -0.2) is 46.1 Å². The number of aromatic nitrogens is 3. The summed E-state index contributed by atoms with van der Waals surface area (Å²) in [5, 5.41) is 0. The zero-order valence-corrected chi connectivity index (χ0v) is 14.3. The molecule has 0 N–H and O–H groups in total. The molecule has 23 heavy (non-hydrogen) atoms. The van der Waals surface area contributed by atoms with Crippen molar-refractivity contribution >= 4 is 10.0 Å². The minimum atomic E-state index is -3.09. The van der Waals surface area contributed by atoms with Crippen LogP contribution >= 0.6 is 0 Å².